The molecule has 1 unspecified atom stereocenters. The molecule has 0 saturated heterocycles. The highest BCUT2D eigenvalue weighted by Crippen LogP contribution is 2.27. The van der Waals surface area contributed by atoms with Gasteiger partial charge in [0.15, 0.2) is 0 Å². The van der Waals surface area contributed by atoms with Crippen molar-refractivity contribution in [1.29, 1.82) is 0 Å². The van der Waals surface area contributed by atoms with Gasteiger partial charge in [-0.25, -0.2) is 0 Å². The van der Waals surface area contributed by atoms with Crippen molar-refractivity contribution in [3.8, 4) is 11.5 Å². The second-order valence-electron chi connectivity index (χ2n) is 6.68. The van der Waals surface area contributed by atoms with Crippen molar-refractivity contribution < 1.29 is 23.8 Å². The first kappa shape index (κ1) is 20.7. The van der Waals surface area contributed by atoms with E-state index in [4.69, 9.17) is 14.2 Å². The van der Waals surface area contributed by atoms with Crippen LogP contribution in [0.5, 0.6) is 11.5 Å². The van der Waals surface area contributed by atoms with E-state index < -0.39 is 6.04 Å². The van der Waals surface area contributed by atoms with Crippen LogP contribution in [0.4, 0.5) is 5.69 Å². The first-order chi connectivity index (χ1) is 14.1. The number of methoxy groups -OCH3 is 2. The Balaban J connectivity index is 1.93. The summed E-state index contributed by atoms with van der Waals surface area (Å²) in [4.78, 5) is 27.6. The topological polar surface area (TPSA) is 77.1 Å². The lowest BCUT2D eigenvalue weighted by molar-refractivity contribution is -0.127. The van der Waals surface area contributed by atoms with Crippen molar-refractivity contribution in [2.24, 2.45) is 0 Å². The maximum atomic E-state index is 13.2. The number of fused-ring (bicyclic) bond motifs is 1. The average molecular weight is 398 g/mol. The molecule has 0 bridgehead atoms. The Bertz CT molecular complexity index is 837. The van der Waals surface area contributed by atoms with Gasteiger partial charge in [-0.05, 0) is 42.3 Å². The molecule has 1 aliphatic rings. The van der Waals surface area contributed by atoms with Gasteiger partial charge in [0, 0.05) is 25.8 Å². The maximum absolute atomic E-state index is 13.2. The standard InChI is InChI=1S/C22H26N2O5/c1-27-14-13-23-22(26)19-15-29-20-6-4-3-5-16(20)7-12-21(25)24(19)17-8-10-18(28-2)11-9-17/h3-6,8-11,19H,7,12-15H2,1-2H3,(H,23,26). The van der Waals surface area contributed by atoms with Crippen LogP contribution < -0.4 is 19.7 Å². The quantitative estimate of drug-likeness (QED) is 0.755. The number of carbonyl (C=O) groups excluding carboxylic acids is 2. The molecule has 3 rings (SSSR count). The van der Waals surface area contributed by atoms with Crippen molar-refractivity contribution >= 4 is 17.5 Å². The fourth-order valence-electron chi connectivity index (χ4n) is 3.28. The third kappa shape index (κ3) is 5.06. The molecule has 2 amide bonds. The zero-order chi connectivity index (χ0) is 20.6. The van der Waals surface area contributed by atoms with E-state index >= 15 is 0 Å². The molecule has 1 N–H and O–H groups in total. The molecule has 154 valence electrons. The average Bonchev–Trinajstić information content (AvgIpc) is 2.82. The number of anilines is 1. The molecule has 0 fully saturated rings. The highest BCUT2D eigenvalue weighted by molar-refractivity contribution is 6.01. The Hall–Kier alpha value is -3.06. The van der Waals surface area contributed by atoms with Gasteiger partial charge in [-0.1, -0.05) is 18.2 Å². The molecule has 0 saturated carbocycles. The van der Waals surface area contributed by atoms with Gasteiger partial charge in [-0.15, -0.1) is 0 Å². The number of nitrogens with one attached hydrogen (secondary N) is 1. The fraction of sp³-hybridized carbons (Fsp3) is 0.364. The smallest absolute Gasteiger partial charge is 0.246 e. The fourth-order valence-corrected chi connectivity index (χ4v) is 3.28. The van der Waals surface area contributed by atoms with Crippen LogP contribution in [0.25, 0.3) is 0 Å². The zero-order valence-corrected chi connectivity index (χ0v) is 16.7. The summed E-state index contributed by atoms with van der Waals surface area (Å²) in [7, 11) is 3.15. The number of rotatable bonds is 6. The molecule has 1 atom stereocenters. The van der Waals surface area contributed by atoms with E-state index in [9.17, 15) is 9.59 Å². The molecule has 0 spiro atoms. The van der Waals surface area contributed by atoms with Crippen molar-refractivity contribution in [1.82, 2.24) is 5.32 Å². The van der Waals surface area contributed by atoms with E-state index in [0.29, 0.717) is 36.8 Å². The maximum Gasteiger partial charge on any atom is 0.246 e. The Kier molecular flexibility index (Phi) is 7.08. The van der Waals surface area contributed by atoms with Gasteiger partial charge in [0.2, 0.25) is 11.8 Å². The van der Waals surface area contributed by atoms with Crippen LogP contribution in [0, 0.1) is 0 Å². The molecular weight excluding hydrogens is 372 g/mol. The number of para-hydroxylation sites is 1. The lowest BCUT2D eigenvalue weighted by Gasteiger charge is -2.30. The summed E-state index contributed by atoms with van der Waals surface area (Å²) in [5.41, 5.74) is 1.58. The minimum Gasteiger partial charge on any atom is -0.497 e. The second-order valence-corrected chi connectivity index (χ2v) is 6.68. The molecule has 1 aliphatic heterocycles. The molecule has 7 nitrogen and oxygen atoms in total. The summed E-state index contributed by atoms with van der Waals surface area (Å²) in [6.45, 7) is 0.791. The highest BCUT2D eigenvalue weighted by Gasteiger charge is 2.33. The predicted octanol–water partition coefficient (Wildman–Crippen LogP) is 2.18. The summed E-state index contributed by atoms with van der Waals surface area (Å²) >= 11 is 0. The molecule has 0 radical (unpaired) electrons. The lowest BCUT2D eigenvalue weighted by Crippen LogP contribution is -2.53. The van der Waals surface area contributed by atoms with E-state index in [-0.39, 0.29) is 24.8 Å². The monoisotopic (exact) mass is 398 g/mol. The number of hydrogen-bond donors (Lipinski definition) is 1. The van der Waals surface area contributed by atoms with Crippen LogP contribution in [-0.4, -0.2) is 51.8 Å². The molecule has 0 aliphatic carbocycles. The zero-order valence-electron chi connectivity index (χ0n) is 16.7. The summed E-state index contributed by atoms with van der Waals surface area (Å²) < 4.78 is 16.2. The number of amides is 2. The van der Waals surface area contributed by atoms with Crippen molar-refractivity contribution in [2.45, 2.75) is 18.9 Å². The Morgan fingerprint density at radius 3 is 2.62 bits per heavy atom. The number of nitrogens with zero attached hydrogens (tertiary/aromatic N) is 1. The van der Waals surface area contributed by atoms with Crippen molar-refractivity contribution in [3.05, 3.63) is 54.1 Å². The van der Waals surface area contributed by atoms with E-state index in [1.807, 2.05) is 24.3 Å². The number of aryl methyl sites for hydroxylation is 1. The first-order valence-electron chi connectivity index (χ1n) is 9.57. The third-order valence-electron chi connectivity index (χ3n) is 4.82. The largest absolute Gasteiger partial charge is 0.497 e. The van der Waals surface area contributed by atoms with Gasteiger partial charge < -0.3 is 19.5 Å². The van der Waals surface area contributed by atoms with Crippen LogP contribution in [0.1, 0.15) is 12.0 Å². The molecule has 29 heavy (non-hydrogen) atoms. The van der Waals surface area contributed by atoms with Crippen LogP contribution >= 0.6 is 0 Å². The minimum atomic E-state index is -0.807. The van der Waals surface area contributed by atoms with Gasteiger partial charge in [0.25, 0.3) is 0 Å². The number of hydrogen-bond acceptors (Lipinski definition) is 5. The van der Waals surface area contributed by atoms with Crippen LogP contribution in [-0.2, 0) is 20.7 Å². The SMILES string of the molecule is COCCNC(=O)C1COc2ccccc2CCC(=O)N1c1ccc(OC)cc1. The predicted molar refractivity (Wildman–Crippen MR) is 109 cm³/mol. The van der Waals surface area contributed by atoms with Crippen LogP contribution in [0.2, 0.25) is 0 Å². The summed E-state index contributed by atoms with van der Waals surface area (Å²) in [5, 5.41) is 2.83. The highest BCUT2D eigenvalue weighted by atomic mass is 16.5. The summed E-state index contributed by atoms with van der Waals surface area (Å²) in [6, 6.07) is 13.9. The van der Waals surface area contributed by atoms with Gasteiger partial charge >= 0.3 is 0 Å². The number of benzene rings is 2. The molecule has 2 aromatic carbocycles. The molecule has 7 heteroatoms. The second kappa shape index (κ2) is 9.93. The van der Waals surface area contributed by atoms with Crippen LogP contribution in [0.3, 0.4) is 0 Å². The summed E-state index contributed by atoms with van der Waals surface area (Å²) in [6.07, 6.45) is 0.813. The number of carbonyl (C=O) groups is 2. The van der Waals surface area contributed by atoms with Gasteiger partial charge in [-0.3, -0.25) is 14.5 Å². The van der Waals surface area contributed by atoms with Gasteiger partial charge in [0.05, 0.1) is 13.7 Å². The van der Waals surface area contributed by atoms with Crippen LogP contribution in [0.15, 0.2) is 48.5 Å². The molecular formula is C22H26N2O5. The third-order valence-corrected chi connectivity index (χ3v) is 4.82. The molecule has 2 aromatic rings. The lowest BCUT2D eigenvalue weighted by atomic mass is 10.1. The normalized spacial score (nSPS) is 16.7. The molecule has 0 aromatic heterocycles. The van der Waals surface area contributed by atoms with E-state index in [1.165, 1.54) is 4.90 Å². The molecule has 1 heterocycles. The van der Waals surface area contributed by atoms with Crippen molar-refractivity contribution in [2.75, 3.05) is 38.9 Å². The summed E-state index contributed by atoms with van der Waals surface area (Å²) in [5.74, 6) is 0.953. The minimum absolute atomic E-state index is 0.0492. The van der Waals surface area contributed by atoms with E-state index in [1.54, 1.807) is 38.5 Å². The van der Waals surface area contributed by atoms with Crippen molar-refractivity contribution in [3.63, 3.8) is 0 Å². The van der Waals surface area contributed by atoms with E-state index in [0.717, 1.165) is 5.56 Å². The van der Waals surface area contributed by atoms with Gasteiger partial charge in [0.1, 0.15) is 24.1 Å². The van der Waals surface area contributed by atoms with Gasteiger partial charge in [-0.2, -0.15) is 0 Å². The Morgan fingerprint density at radius 2 is 1.90 bits per heavy atom. The Morgan fingerprint density at radius 1 is 1.14 bits per heavy atom. The first-order valence-corrected chi connectivity index (χ1v) is 9.57. The number of ether oxygens (including phenoxy) is 3. The Labute approximate surface area is 170 Å². The van der Waals surface area contributed by atoms with E-state index in [2.05, 4.69) is 5.32 Å².